The molecule has 92 valence electrons. The minimum Gasteiger partial charge on any atom is -0.497 e. The maximum absolute atomic E-state index is 5.30. The van der Waals surface area contributed by atoms with Gasteiger partial charge in [-0.1, -0.05) is 6.07 Å². The molecule has 18 heavy (non-hydrogen) atoms. The van der Waals surface area contributed by atoms with E-state index < -0.39 is 0 Å². The van der Waals surface area contributed by atoms with Crippen molar-refractivity contribution < 1.29 is 4.74 Å². The number of hydrogen-bond donors (Lipinski definition) is 1. The van der Waals surface area contributed by atoms with Crippen LogP contribution in [0.2, 0.25) is 0 Å². The molecule has 4 heteroatoms. The fourth-order valence-electron chi connectivity index (χ4n) is 2.38. The average molecular weight is 258 g/mol. The van der Waals surface area contributed by atoms with E-state index in [0.717, 1.165) is 23.0 Å². The molecule has 0 atom stereocenters. The van der Waals surface area contributed by atoms with Gasteiger partial charge in [0.25, 0.3) is 0 Å². The van der Waals surface area contributed by atoms with Crippen molar-refractivity contribution in [2.75, 3.05) is 12.4 Å². The fraction of sp³-hybridized carbons (Fsp3) is 0.357. The summed E-state index contributed by atoms with van der Waals surface area (Å²) < 4.78 is 5.30. The van der Waals surface area contributed by atoms with Crippen molar-refractivity contribution in [2.24, 2.45) is 0 Å². The quantitative estimate of drug-likeness (QED) is 0.782. The highest BCUT2D eigenvalue weighted by molar-refractivity contribution is 7.16. The molecule has 1 saturated carbocycles. The zero-order chi connectivity index (χ0) is 12.1. The normalized spacial score (nSPS) is 16.3. The average Bonchev–Trinajstić information content (AvgIpc) is 3.00. The number of hydrogen-bond acceptors (Lipinski definition) is 4. The van der Waals surface area contributed by atoms with E-state index in [1.54, 1.807) is 18.4 Å². The monoisotopic (exact) mass is 258 g/mol. The second kappa shape index (κ2) is 3.72. The molecule has 1 fully saturated rings. The summed E-state index contributed by atoms with van der Waals surface area (Å²) in [6.45, 7) is 0. The number of nitrogens with one attached hydrogen (secondary N) is 1. The second-order valence-corrected chi connectivity index (χ2v) is 5.99. The molecule has 2 aliphatic rings. The minimum atomic E-state index is 0.668. The first-order valence-corrected chi connectivity index (χ1v) is 7.08. The molecular formula is C14H14N2OS. The summed E-state index contributed by atoms with van der Waals surface area (Å²) in [5.41, 5.74) is 3.75. The number of methoxy groups -OCH3 is 1. The molecule has 1 aromatic carbocycles. The second-order valence-electron chi connectivity index (χ2n) is 4.91. The molecule has 2 aromatic rings. The molecule has 4 rings (SSSR count). The number of aromatic nitrogens is 1. The highest BCUT2D eigenvalue weighted by Crippen LogP contribution is 2.43. The first-order valence-electron chi connectivity index (χ1n) is 6.27. The van der Waals surface area contributed by atoms with Crippen molar-refractivity contribution in [3.05, 3.63) is 28.6 Å². The van der Waals surface area contributed by atoms with Crippen molar-refractivity contribution >= 4 is 16.5 Å². The van der Waals surface area contributed by atoms with Gasteiger partial charge in [0.05, 0.1) is 12.8 Å². The van der Waals surface area contributed by atoms with E-state index in [1.165, 1.54) is 28.8 Å². The number of nitrogens with zero attached hydrogens (tertiary/aromatic N) is 1. The third kappa shape index (κ3) is 1.60. The first kappa shape index (κ1) is 10.4. The largest absolute Gasteiger partial charge is 0.497 e. The third-order valence-corrected chi connectivity index (χ3v) is 4.51. The van der Waals surface area contributed by atoms with E-state index in [0.29, 0.717) is 6.04 Å². The van der Waals surface area contributed by atoms with Crippen molar-refractivity contribution in [3.63, 3.8) is 0 Å². The predicted octanol–water partition coefficient (Wildman–Crippen LogP) is 3.30. The van der Waals surface area contributed by atoms with Gasteiger partial charge in [0.1, 0.15) is 5.75 Å². The van der Waals surface area contributed by atoms with Crippen LogP contribution < -0.4 is 10.1 Å². The Labute approximate surface area is 110 Å². The van der Waals surface area contributed by atoms with E-state index in [4.69, 9.17) is 9.72 Å². The Morgan fingerprint density at radius 3 is 3.06 bits per heavy atom. The van der Waals surface area contributed by atoms with Gasteiger partial charge in [0.2, 0.25) is 0 Å². The van der Waals surface area contributed by atoms with Crippen LogP contribution in [-0.2, 0) is 6.42 Å². The smallest absolute Gasteiger partial charge is 0.183 e. The van der Waals surface area contributed by atoms with Crippen LogP contribution in [-0.4, -0.2) is 18.1 Å². The van der Waals surface area contributed by atoms with Gasteiger partial charge in [-0.3, -0.25) is 0 Å². The maximum Gasteiger partial charge on any atom is 0.183 e. The van der Waals surface area contributed by atoms with Crippen LogP contribution in [0.1, 0.15) is 23.3 Å². The molecule has 0 spiro atoms. The zero-order valence-electron chi connectivity index (χ0n) is 10.2. The number of fused-ring (bicyclic) bond motifs is 3. The molecule has 0 bridgehead atoms. The van der Waals surface area contributed by atoms with Gasteiger partial charge < -0.3 is 10.1 Å². The fourth-order valence-corrected chi connectivity index (χ4v) is 3.45. The standard InChI is InChI=1S/C14H14N2OS/c1-17-10-5-2-8-6-12-13(11(8)7-10)16-14(18-12)15-9-3-4-9/h2,5,7,9H,3-4,6H2,1H3,(H,15,16). The van der Waals surface area contributed by atoms with Gasteiger partial charge in [-0.2, -0.15) is 0 Å². The Hall–Kier alpha value is -1.55. The molecule has 0 aliphatic heterocycles. The number of thiazole rings is 1. The molecule has 0 radical (unpaired) electrons. The highest BCUT2D eigenvalue weighted by Gasteiger charge is 2.27. The molecule has 3 nitrogen and oxygen atoms in total. The molecule has 0 unspecified atom stereocenters. The van der Waals surface area contributed by atoms with Crippen molar-refractivity contribution in [2.45, 2.75) is 25.3 Å². The molecule has 1 aromatic heterocycles. The van der Waals surface area contributed by atoms with E-state index in [1.807, 2.05) is 6.07 Å². The van der Waals surface area contributed by atoms with Gasteiger partial charge in [0.15, 0.2) is 5.13 Å². The topological polar surface area (TPSA) is 34.1 Å². The molecule has 1 N–H and O–H groups in total. The van der Waals surface area contributed by atoms with Crippen molar-refractivity contribution in [1.29, 1.82) is 0 Å². The summed E-state index contributed by atoms with van der Waals surface area (Å²) >= 11 is 1.80. The van der Waals surface area contributed by atoms with Gasteiger partial charge in [0, 0.05) is 22.9 Å². The SMILES string of the molecule is COc1ccc2c(c1)-c1nc(NC3CC3)sc1C2. The van der Waals surface area contributed by atoms with Gasteiger partial charge in [-0.15, -0.1) is 11.3 Å². The van der Waals surface area contributed by atoms with Crippen molar-refractivity contribution in [3.8, 4) is 17.0 Å². The Morgan fingerprint density at radius 2 is 2.28 bits per heavy atom. The van der Waals surface area contributed by atoms with Crippen LogP contribution in [0.5, 0.6) is 5.75 Å². The maximum atomic E-state index is 5.30. The Kier molecular flexibility index (Phi) is 2.14. The van der Waals surface area contributed by atoms with E-state index in [-0.39, 0.29) is 0 Å². The predicted molar refractivity (Wildman–Crippen MR) is 73.6 cm³/mol. The lowest BCUT2D eigenvalue weighted by molar-refractivity contribution is 0.415. The molecule has 0 saturated heterocycles. The third-order valence-electron chi connectivity index (χ3n) is 3.53. The summed E-state index contributed by atoms with van der Waals surface area (Å²) in [5.74, 6) is 0.909. The van der Waals surface area contributed by atoms with Crippen LogP contribution in [0.25, 0.3) is 11.3 Å². The van der Waals surface area contributed by atoms with Crippen LogP contribution in [0.15, 0.2) is 18.2 Å². The van der Waals surface area contributed by atoms with Crippen LogP contribution in [0, 0.1) is 0 Å². The summed E-state index contributed by atoms with van der Waals surface area (Å²) in [5, 5.41) is 4.56. The summed E-state index contributed by atoms with van der Waals surface area (Å²) in [6, 6.07) is 6.94. The lowest BCUT2D eigenvalue weighted by Crippen LogP contribution is -1.99. The van der Waals surface area contributed by atoms with Crippen LogP contribution in [0.4, 0.5) is 5.13 Å². The Bertz CT molecular complexity index is 616. The summed E-state index contributed by atoms with van der Waals surface area (Å²) in [6.07, 6.45) is 3.59. The highest BCUT2D eigenvalue weighted by atomic mass is 32.1. The number of rotatable bonds is 3. The van der Waals surface area contributed by atoms with E-state index in [2.05, 4.69) is 17.4 Å². The zero-order valence-corrected chi connectivity index (χ0v) is 11.0. The van der Waals surface area contributed by atoms with E-state index in [9.17, 15) is 0 Å². The Morgan fingerprint density at radius 1 is 1.39 bits per heavy atom. The molecule has 0 amide bonds. The number of benzene rings is 1. The molecule has 2 aliphatic carbocycles. The first-order chi connectivity index (χ1) is 8.83. The van der Waals surface area contributed by atoms with Crippen LogP contribution >= 0.6 is 11.3 Å². The minimum absolute atomic E-state index is 0.668. The lowest BCUT2D eigenvalue weighted by Gasteiger charge is -2.04. The lowest BCUT2D eigenvalue weighted by atomic mass is 10.1. The summed E-state index contributed by atoms with van der Waals surface area (Å²) in [4.78, 5) is 6.12. The molecular weight excluding hydrogens is 244 g/mol. The molecule has 1 heterocycles. The van der Waals surface area contributed by atoms with Gasteiger partial charge in [-0.05, 0) is 30.5 Å². The Balaban J connectivity index is 1.73. The number of ether oxygens (including phenoxy) is 1. The summed E-state index contributed by atoms with van der Waals surface area (Å²) in [7, 11) is 1.71. The van der Waals surface area contributed by atoms with E-state index >= 15 is 0 Å². The van der Waals surface area contributed by atoms with Crippen LogP contribution in [0.3, 0.4) is 0 Å². The van der Waals surface area contributed by atoms with Crippen molar-refractivity contribution in [1.82, 2.24) is 4.98 Å². The van der Waals surface area contributed by atoms with Gasteiger partial charge >= 0.3 is 0 Å². The van der Waals surface area contributed by atoms with Gasteiger partial charge in [-0.25, -0.2) is 4.98 Å². The number of anilines is 1.